The number of carbonyl (C=O) groups is 1. The summed E-state index contributed by atoms with van der Waals surface area (Å²) in [4.78, 5) is 12.3. The van der Waals surface area contributed by atoms with Crippen molar-refractivity contribution in [1.82, 2.24) is 9.78 Å². The van der Waals surface area contributed by atoms with Gasteiger partial charge in [0.2, 0.25) is 0 Å². The van der Waals surface area contributed by atoms with E-state index in [0.717, 1.165) is 0 Å². The maximum Gasteiger partial charge on any atom is 0.256 e. The Labute approximate surface area is 151 Å². The zero-order valence-corrected chi connectivity index (χ0v) is 14.7. The number of carbonyl (C=O) groups excluding carboxylic acids is 1. The van der Waals surface area contributed by atoms with E-state index in [2.05, 4.69) is 26.3 Å². The standard InChI is InChI=1S/C17H12BrClFN3O/c18-14-5-2-1-4-12(14)17(24)22-11-8-21-23(9-11)10-13-15(19)6-3-7-16(13)20/h1-9H,10H2,(H,22,24). The van der Waals surface area contributed by atoms with E-state index < -0.39 is 5.82 Å². The predicted molar refractivity (Wildman–Crippen MR) is 94.8 cm³/mol. The Morgan fingerprint density at radius 2 is 2.04 bits per heavy atom. The Bertz CT molecular complexity index is 877. The molecule has 1 N–H and O–H groups in total. The third kappa shape index (κ3) is 3.66. The van der Waals surface area contributed by atoms with E-state index >= 15 is 0 Å². The minimum Gasteiger partial charge on any atom is -0.319 e. The number of rotatable bonds is 4. The highest BCUT2D eigenvalue weighted by Crippen LogP contribution is 2.21. The van der Waals surface area contributed by atoms with Crippen LogP contribution in [0.15, 0.2) is 59.3 Å². The second kappa shape index (κ2) is 7.15. The maximum absolute atomic E-state index is 13.8. The molecule has 1 aromatic heterocycles. The summed E-state index contributed by atoms with van der Waals surface area (Å²) in [5, 5.41) is 7.22. The molecule has 1 amide bonds. The Morgan fingerprint density at radius 3 is 2.79 bits per heavy atom. The van der Waals surface area contributed by atoms with E-state index in [9.17, 15) is 9.18 Å². The molecule has 3 aromatic rings. The van der Waals surface area contributed by atoms with Crippen LogP contribution in [0.5, 0.6) is 0 Å². The van der Waals surface area contributed by atoms with Crippen LogP contribution >= 0.6 is 27.5 Å². The first-order chi connectivity index (χ1) is 11.5. The summed E-state index contributed by atoms with van der Waals surface area (Å²) in [6, 6.07) is 11.6. The molecule has 0 aliphatic heterocycles. The molecule has 24 heavy (non-hydrogen) atoms. The molecule has 0 bridgehead atoms. The Morgan fingerprint density at radius 1 is 1.25 bits per heavy atom. The lowest BCUT2D eigenvalue weighted by atomic mass is 10.2. The molecule has 2 aromatic carbocycles. The first kappa shape index (κ1) is 16.7. The predicted octanol–water partition coefficient (Wildman–Crippen LogP) is 4.74. The van der Waals surface area contributed by atoms with Gasteiger partial charge in [0.1, 0.15) is 5.82 Å². The van der Waals surface area contributed by atoms with Gasteiger partial charge in [0.15, 0.2) is 0 Å². The summed E-state index contributed by atoms with van der Waals surface area (Å²) >= 11 is 9.35. The number of nitrogens with one attached hydrogen (secondary N) is 1. The molecule has 0 aliphatic rings. The molecule has 0 saturated carbocycles. The maximum atomic E-state index is 13.8. The molecule has 0 aliphatic carbocycles. The summed E-state index contributed by atoms with van der Waals surface area (Å²) in [6.07, 6.45) is 3.13. The largest absolute Gasteiger partial charge is 0.319 e. The number of halogens is 3. The smallest absolute Gasteiger partial charge is 0.256 e. The SMILES string of the molecule is O=C(Nc1cnn(Cc2c(F)cccc2Cl)c1)c1ccccc1Br. The molecule has 0 saturated heterocycles. The molecule has 1 heterocycles. The summed E-state index contributed by atoms with van der Waals surface area (Å²) < 4.78 is 16.0. The van der Waals surface area contributed by atoms with Crippen molar-refractivity contribution in [1.29, 1.82) is 0 Å². The topological polar surface area (TPSA) is 46.9 Å². The fourth-order valence-electron chi connectivity index (χ4n) is 2.20. The Balaban J connectivity index is 1.74. The van der Waals surface area contributed by atoms with Gasteiger partial charge < -0.3 is 5.32 Å². The fourth-order valence-corrected chi connectivity index (χ4v) is 2.89. The average Bonchev–Trinajstić information content (AvgIpc) is 2.98. The molecule has 4 nitrogen and oxygen atoms in total. The zero-order valence-electron chi connectivity index (χ0n) is 12.3. The van der Waals surface area contributed by atoms with Crippen LogP contribution in [0.1, 0.15) is 15.9 Å². The van der Waals surface area contributed by atoms with Crippen LogP contribution < -0.4 is 5.32 Å². The number of hydrogen-bond donors (Lipinski definition) is 1. The van der Waals surface area contributed by atoms with Crippen LogP contribution in [-0.2, 0) is 6.54 Å². The van der Waals surface area contributed by atoms with E-state index in [-0.39, 0.29) is 12.5 Å². The second-order valence-electron chi connectivity index (χ2n) is 5.06. The number of anilines is 1. The molecular weight excluding hydrogens is 397 g/mol. The van der Waals surface area contributed by atoms with E-state index in [1.165, 1.54) is 16.9 Å². The van der Waals surface area contributed by atoms with Crippen molar-refractivity contribution in [2.45, 2.75) is 6.54 Å². The fraction of sp³-hybridized carbons (Fsp3) is 0.0588. The minimum absolute atomic E-state index is 0.177. The lowest BCUT2D eigenvalue weighted by Crippen LogP contribution is -2.12. The average molecular weight is 409 g/mol. The van der Waals surface area contributed by atoms with E-state index in [1.54, 1.807) is 36.5 Å². The summed E-state index contributed by atoms with van der Waals surface area (Å²) in [5.74, 6) is -0.650. The lowest BCUT2D eigenvalue weighted by molar-refractivity contribution is 0.102. The quantitative estimate of drug-likeness (QED) is 0.678. The highest BCUT2D eigenvalue weighted by atomic mass is 79.9. The molecule has 3 rings (SSSR count). The third-order valence-electron chi connectivity index (χ3n) is 3.39. The van der Waals surface area contributed by atoms with Gasteiger partial charge in [-0.15, -0.1) is 0 Å². The van der Waals surface area contributed by atoms with Gasteiger partial charge in [0, 0.05) is 21.3 Å². The van der Waals surface area contributed by atoms with Crippen LogP contribution in [0.4, 0.5) is 10.1 Å². The minimum atomic E-state index is -0.392. The third-order valence-corrected chi connectivity index (χ3v) is 4.44. The molecule has 0 radical (unpaired) electrons. The number of hydrogen-bond acceptors (Lipinski definition) is 2. The van der Waals surface area contributed by atoms with E-state index in [0.29, 0.717) is 26.3 Å². The van der Waals surface area contributed by atoms with Crippen molar-refractivity contribution in [2.24, 2.45) is 0 Å². The van der Waals surface area contributed by atoms with Crippen molar-refractivity contribution < 1.29 is 9.18 Å². The molecule has 0 unspecified atom stereocenters. The van der Waals surface area contributed by atoms with Crippen LogP contribution in [0.3, 0.4) is 0 Å². The van der Waals surface area contributed by atoms with Gasteiger partial charge in [0.05, 0.1) is 24.0 Å². The van der Waals surface area contributed by atoms with Crippen LogP contribution in [0.25, 0.3) is 0 Å². The first-order valence-electron chi connectivity index (χ1n) is 7.06. The Hall–Kier alpha value is -2.18. The van der Waals surface area contributed by atoms with Crippen LogP contribution in [0, 0.1) is 5.82 Å². The molecule has 0 atom stereocenters. The van der Waals surface area contributed by atoms with Gasteiger partial charge in [-0.2, -0.15) is 5.10 Å². The molecule has 7 heteroatoms. The van der Waals surface area contributed by atoms with Gasteiger partial charge in [-0.3, -0.25) is 9.48 Å². The van der Waals surface area contributed by atoms with Gasteiger partial charge in [-0.1, -0.05) is 29.8 Å². The normalized spacial score (nSPS) is 10.6. The molecule has 0 spiro atoms. The summed E-state index contributed by atoms with van der Waals surface area (Å²) in [7, 11) is 0. The van der Waals surface area contributed by atoms with Crippen molar-refractivity contribution in [3.63, 3.8) is 0 Å². The summed E-state index contributed by atoms with van der Waals surface area (Å²) in [5.41, 5.74) is 1.39. The van der Waals surface area contributed by atoms with Gasteiger partial charge in [-0.25, -0.2) is 4.39 Å². The molecular formula is C17H12BrClFN3O. The highest BCUT2D eigenvalue weighted by Gasteiger charge is 2.12. The summed E-state index contributed by atoms with van der Waals surface area (Å²) in [6.45, 7) is 0.177. The van der Waals surface area contributed by atoms with Crippen LogP contribution in [-0.4, -0.2) is 15.7 Å². The monoisotopic (exact) mass is 407 g/mol. The number of benzene rings is 2. The van der Waals surface area contributed by atoms with Gasteiger partial charge in [0.25, 0.3) is 5.91 Å². The second-order valence-corrected chi connectivity index (χ2v) is 6.32. The van der Waals surface area contributed by atoms with Crippen molar-refractivity contribution in [3.05, 3.63) is 81.3 Å². The van der Waals surface area contributed by atoms with Crippen molar-refractivity contribution in [2.75, 3.05) is 5.32 Å². The van der Waals surface area contributed by atoms with Crippen molar-refractivity contribution >= 4 is 39.1 Å². The highest BCUT2D eigenvalue weighted by molar-refractivity contribution is 9.10. The van der Waals surface area contributed by atoms with E-state index in [4.69, 9.17) is 11.6 Å². The Kier molecular flexibility index (Phi) is 4.97. The van der Waals surface area contributed by atoms with E-state index in [1.807, 2.05) is 6.07 Å². The van der Waals surface area contributed by atoms with Gasteiger partial charge in [-0.05, 0) is 40.2 Å². The molecule has 0 fully saturated rings. The van der Waals surface area contributed by atoms with Crippen molar-refractivity contribution in [3.8, 4) is 0 Å². The molecule has 122 valence electrons. The zero-order chi connectivity index (χ0) is 17.1. The number of aromatic nitrogens is 2. The number of amides is 1. The lowest BCUT2D eigenvalue weighted by Gasteiger charge is -2.06. The van der Waals surface area contributed by atoms with Crippen LogP contribution in [0.2, 0.25) is 5.02 Å². The van der Waals surface area contributed by atoms with Gasteiger partial charge >= 0.3 is 0 Å². The first-order valence-corrected chi connectivity index (χ1v) is 8.23. The number of nitrogens with zero attached hydrogens (tertiary/aromatic N) is 2.